The molecular weight excluding hydrogens is 236 g/mol. The summed E-state index contributed by atoms with van der Waals surface area (Å²) in [4.78, 5) is 2.31. The second kappa shape index (κ2) is 9.08. The predicted molar refractivity (Wildman–Crippen MR) is 81.6 cm³/mol. The van der Waals surface area contributed by atoms with Crippen molar-refractivity contribution in [2.24, 2.45) is 0 Å². The molecule has 1 N–H and O–H groups in total. The molecule has 1 aromatic rings. The molecule has 3 heteroatoms. The van der Waals surface area contributed by atoms with Gasteiger partial charge in [0.2, 0.25) is 0 Å². The van der Waals surface area contributed by atoms with Crippen molar-refractivity contribution < 1.29 is 4.74 Å². The summed E-state index contributed by atoms with van der Waals surface area (Å²) in [6.45, 7) is 7.78. The summed E-state index contributed by atoms with van der Waals surface area (Å²) in [5.41, 5.74) is 2.74. The van der Waals surface area contributed by atoms with Crippen LogP contribution < -0.4 is 5.32 Å². The molecule has 0 amide bonds. The van der Waals surface area contributed by atoms with E-state index in [0.29, 0.717) is 6.04 Å². The maximum atomic E-state index is 5.39. The van der Waals surface area contributed by atoms with Gasteiger partial charge in [0.15, 0.2) is 0 Å². The van der Waals surface area contributed by atoms with E-state index in [1.165, 1.54) is 11.1 Å². The molecule has 0 fully saturated rings. The van der Waals surface area contributed by atoms with Crippen LogP contribution in [0.15, 0.2) is 24.3 Å². The Hall–Kier alpha value is -0.900. The first-order valence-electron chi connectivity index (χ1n) is 7.23. The summed E-state index contributed by atoms with van der Waals surface area (Å²) < 4.78 is 5.39. The lowest BCUT2D eigenvalue weighted by Gasteiger charge is -2.24. The van der Waals surface area contributed by atoms with E-state index in [1.54, 1.807) is 0 Å². The van der Waals surface area contributed by atoms with E-state index in [-0.39, 0.29) is 0 Å². The molecule has 1 atom stereocenters. The van der Waals surface area contributed by atoms with Crippen molar-refractivity contribution in [2.45, 2.75) is 26.3 Å². The van der Waals surface area contributed by atoms with Gasteiger partial charge in [0, 0.05) is 25.7 Å². The molecular formula is C16H28N2O. The molecule has 108 valence electrons. The van der Waals surface area contributed by atoms with Crippen LogP contribution in [0.1, 0.15) is 31.0 Å². The molecule has 1 aromatic carbocycles. The van der Waals surface area contributed by atoms with Gasteiger partial charge in [-0.25, -0.2) is 0 Å². The highest BCUT2D eigenvalue weighted by Gasteiger charge is 2.11. The number of nitrogens with zero attached hydrogens (tertiary/aromatic N) is 1. The highest BCUT2D eigenvalue weighted by Crippen LogP contribution is 2.15. The second-order valence-corrected chi connectivity index (χ2v) is 4.90. The van der Waals surface area contributed by atoms with Crippen molar-refractivity contribution in [1.29, 1.82) is 0 Å². The van der Waals surface area contributed by atoms with Gasteiger partial charge in [-0.1, -0.05) is 31.2 Å². The average Bonchev–Trinajstić information content (AvgIpc) is 2.45. The number of benzene rings is 1. The van der Waals surface area contributed by atoms with Crippen LogP contribution in [0.3, 0.4) is 0 Å². The molecule has 0 aliphatic heterocycles. The molecule has 3 nitrogen and oxygen atoms in total. The Morgan fingerprint density at radius 3 is 2.42 bits per heavy atom. The van der Waals surface area contributed by atoms with Crippen LogP contribution in [0.4, 0.5) is 0 Å². The Morgan fingerprint density at radius 1 is 1.21 bits per heavy atom. The number of aryl methyl sites for hydroxylation is 1. The molecule has 1 rings (SSSR count). The van der Waals surface area contributed by atoms with Crippen molar-refractivity contribution in [3.63, 3.8) is 0 Å². The van der Waals surface area contributed by atoms with Gasteiger partial charge >= 0.3 is 0 Å². The van der Waals surface area contributed by atoms with Crippen molar-refractivity contribution in [3.05, 3.63) is 35.4 Å². The van der Waals surface area contributed by atoms with Gasteiger partial charge in [0.1, 0.15) is 0 Å². The van der Waals surface area contributed by atoms with Crippen molar-refractivity contribution >= 4 is 0 Å². The third-order valence-corrected chi connectivity index (χ3v) is 3.45. The largest absolute Gasteiger partial charge is 0.380 e. The van der Waals surface area contributed by atoms with E-state index in [2.05, 4.69) is 48.5 Å². The van der Waals surface area contributed by atoms with Crippen LogP contribution >= 0.6 is 0 Å². The first-order chi connectivity index (χ1) is 9.21. The molecule has 0 aliphatic carbocycles. The number of likely N-dealkylation sites (N-methyl/N-ethyl adjacent to an activating group) is 2. The molecule has 1 unspecified atom stereocenters. The van der Waals surface area contributed by atoms with E-state index >= 15 is 0 Å². The summed E-state index contributed by atoms with van der Waals surface area (Å²) in [5, 5.41) is 3.39. The number of hydrogen-bond donors (Lipinski definition) is 1. The van der Waals surface area contributed by atoms with E-state index in [1.807, 2.05) is 14.0 Å². The van der Waals surface area contributed by atoms with Crippen molar-refractivity contribution in [2.75, 3.05) is 40.4 Å². The summed E-state index contributed by atoms with van der Waals surface area (Å²) in [5.74, 6) is 0. The van der Waals surface area contributed by atoms with Gasteiger partial charge in [0.25, 0.3) is 0 Å². The normalized spacial score (nSPS) is 12.9. The fraction of sp³-hybridized carbons (Fsp3) is 0.625. The average molecular weight is 264 g/mol. The molecule has 0 heterocycles. The summed E-state index contributed by atoms with van der Waals surface area (Å²) >= 11 is 0. The van der Waals surface area contributed by atoms with Crippen LogP contribution in [0.2, 0.25) is 0 Å². The zero-order valence-corrected chi connectivity index (χ0v) is 12.8. The number of ether oxygens (including phenoxy) is 1. The fourth-order valence-corrected chi connectivity index (χ4v) is 2.12. The third-order valence-electron chi connectivity index (χ3n) is 3.45. The van der Waals surface area contributed by atoms with E-state index in [0.717, 1.165) is 32.7 Å². The molecule has 0 bridgehead atoms. The first-order valence-corrected chi connectivity index (χ1v) is 7.23. The fourth-order valence-electron chi connectivity index (χ4n) is 2.12. The van der Waals surface area contributed by atoms with Crippen molar-refractivity contribution in [1.82, 2.24) is 10.2 Å². The zero-order chi connectivity index (χ0) is 14.1. The molecule has 0 aliphatic rings. The van der Waals surface area contributed by atoms with Gasteiger partial charge in [-0.3, -0.25) is 0 Å². The number of nitrogens with one attached hydrogen (secondary N) is 1. The Bertz CT molecular complexity index is 337. The standard InChI is InChI=1S/C16H28N2O/c1-5-14-7-9-15(10-8-14)16(17-3)13-18(4)11-12-19-6-2/h7-10,16-17H,5-6,11-13H2,1-4H3. The van der Waals surface area contributed by atoms with Crippen LogP contribution in [-0.2, 0) is 11.2 Å². The van der Waals surface area contributed by atoms with Crippen molar-refractivity contribution in [3.8, 4) is 0 Å². The van der Waals surface area contributed by atoms with Gasteiger partial charge in [0.05, 0.1) is 6.61 Å². The summed E-state index contributed by atoms with van der Waals surface area (Å²) in [6, 6.07) is 9.28. The molecule has 0 saturated carbocycles. The van der Waals surface area contributed by atoms with Gasteiger partial charge in [-0.05, 0) is 38.6 Å². The Kier molecular flexibility index (Phi) is 7.72. The molecule has 19 heavy (non-hydrogen) atoms. The Labute approximate surface area is 118 Å². The highest BCUT2D eigenvalue weighted by atomic mass is 16.5. The lowest BCUT2D eigenvalue weighted by Crippen LogP contribution is -2.33. The number of rotatable bonds is 9. The predicted octanol–water partition coefficient (Wildman–Crippen LogP) is 2.48. The van der Waals surface area contributed by atoms with Crippen LogP contribution in [0.25, 0.3) is 0 Å². The molecule has 0 aromatic heterocycles. The van der Waals surface area contributed by atoms with Crippen LogP contribution in [0, 0.1) is 0 Å². The van der Waals surface area contributed by atoms with E-state index in [9.17, 15) is 0 Å². The van der Waals surface area contributed by atoms with Gasteiger partial charge < -0.3 is 15.0 Å². The first kappa shape index (κ1) is 16.2. The maximum absolute atomic E-state index is 5.39. The lowest BCUT2D eigenvalue weighted by molar-refractivity contribution is 0.119. The smallest absolute Gasteiger partial charge is 0.0593 e. The monoisotopic (exact) mass is 264 g/mol. The van der Waals surface area contributed by atoms with E-state index < -0.39 is 0 Å². The summed E-state index contributed by atoms with van der Waals surface area (Å²) in [6.07, 6.45) is 1.10. The minimum atomic E-state index is 0.373. The lowest BCUT2D eigenvalue weighted by atomic mass is 10.0. The second-order valence-electron chi connectivity index (χ2n) is 4.90. The van der Waals surface area contributed by atoms with Crippen LogP contribution in [0.5, 0.6) is 0 Å². The number of hydrogen-bond acceptors (Lipinski definition) is 3. The third kappa shape index (κ3) is 5.72. The topological polar surface area (TPSA) is 24.5 Å². The Morgan fingerprint density at radius 2 is 1.89 bits per heavy atom. The molecule has 0 radical (unpaired) electrons. The SMILES string of the molecule is CCOCCN(C)CC(NC)c1ccc(CC)cc1. The maximum Gasteiger partial charge on any atom is 0.0593 e. The van der Waals surface area contributed by atoms with Gasteiger partial charge in [-0.2, -0.15) is 0 Å². The van der Waals surface area contributed by atoms with E-state index in [4.69, 9.17) is 4.74 Å². The zero-order valence-electron chi connectivity index (χ0n) is 12.8. The molecule has 0 spiro atoms. The minimum absolute atomic E-state index is 0.373. The van der Waals surface area contributed by atoms with Crippen LogP contribution in [-0.4, -0.2) is 45.3 Å². The Balaban J connectivity index is 2.51. The molecule has 0 saturated heterocycles. The quantitative estimate of drug-likeness (QED) is 0.694. The summed E-state index contributed by atoms with van der Waals surface area (Å²) in [7, 11) is 4.17. The highest BCUT2D eigenvalue weighted by molar-refractivity contribution is 5.25. The van der Waals surface area contributed by atoms with Gasteiger partial charge in [-0.15, -0.1) is 0 Å². The minimum Gasteiger partial charge on any atom is -0.380 e.